The van der Waals surface area contributed by atoms with Crippen LogP contribution in [-0.2, 0) is 4.79 Å². The molecule has 0 amide bonds. The summed E-state index contributed by atoms with van der Waals surface area (Å²) in [6.45, 7) is 7.36. The fourth-order valence-electron chi connectivity index (χ4n) is 3.59. The van der Waals surface area contributed by atoms with Crippen molar-refractivity contribution in [2.75, 3.05) is 23.0 Å². The molecular weight excluding hydrogens is 448 g/mol. The van der Waals surface area contributed by atoms with Gasteiger partial charge < -0.3 is 15.7 Å². The first kappa shape index (κ1) is 25.2. The van der Waals surface area contributed by atoms with Crippen molar-refractivity contribution >= 4 is 40.8 Å². The summed E-state index contributed by atoms with van der Waals surface area (Å²) in [4.78, 5) is 15.3. The number of rotatable bonds is 12. The van der Waals surface area contributed by atoms with Crippen LogP contribution in [0.3, 0.4) is 0 Å². The van der Waals surface area contributed by atoms with Crippen LogP contribution in [0.2, 0.25) is 0 Å². The number of anilines is 1. The minimum absolute atomic E-state index is 0.472. The number of carboxylic acids is 1. The summed E-state index contributed by atoms with van der Waals surface area (Å²) in [6.07, 6.45) is 9.77. The normalized spacial score (nSPS) is 14.8. The van der Waals surface area contributed by atoms with Crippen molar-refractivity contribution in [2.45, 2.75) is 37.1 Å². The number of benzene rings is 2. The third kappa shape index (κ3) is 7.56. The van der Waals surface area contributed by atoms with Crippen molar-refractivity contribution in [2.24, 2.45) is 5.73 Å². The Morgan fingerprint density at radius 3 is 2.70 bits per heavy atom. The predicted octanol–water partition coefficient (Wildman–Crippen LogP) is 6.33. The summed E-state index contributed by atoms with van der Waals surface area (Å²) in [5.41, 5.74) is 10.4. The molecule has 1 unspecified atom stereocenters. The molecule has 174 valence electrons. The van der Waals surface area contributed by atoms with Crippen LogP contribution in [0.25, 0.3) is 5.57 Å². The van der Waals surface area contributed by atoms with Crippen molar-refractivity contribution in [1.29, 1.82) is 0 Å². The summed E-state index contributed by atoms with van der Waals surface area (Å²) >= 11 is 3.33. The highest BCUT2D eigenvalue weighted by molar-refractivity contribution is 8.03. The lowest BCUT2D eigenvalue weighted by atomic mass is 9.99. The van der Waals surface area contributed by atoms with Crippen molar-refractivity contribution in [3.63, 3.8) is 0 Å². The minimum atomic E-state index is -0.927. The monoisotopic (exact) mass is 480 g/mol. The Bertz CT molecular complexity index is 1030. The minimum Gasteiger partial charge on any atom is -0.480 e. The molecule has 0 aliphatic carbocycles. The first-order valence-electron chi connectivity index (χ1n) is 11.2. The Kier molecular flexibility index (Phi) is 9.73. The van der Waals surface area contributed by atoms with Gasteiger partial charge in [0.25, 0.3) is 0 Å². The number of unbranched alkanes of at least 4 members (excludes halogenated alkanes) is 2. The van der Waals surface area contributed by atoms with Crippen LogP contribution in [0, 0.1) is 6.92 Å². The van der Waals surface area contributed by atoms with E-state index in [-0.39, 0.29) is 0 Å². The van der Waals surface area contributed by atoms with Gasteiger partial charge in [0.15, 0.2) is 0 Å². The van der Waals surface area contributed by atoms with Gasteiger partial charge in [0.05, 0.1) is 0 Å². The maximum atomic E-state index is 10.8. The van der Waals surface area contributed by atoms with E-state index in [1.54, 1.807) is 23.5 Å². The van der Waals surface area contributed by atoms with Crippen molar-refractivity contribution in [3.05, 3.63) is 89.5 Å². The molecule has 2 aromatic carbocycles. The van der Waals surface area contributed by atoms with Crippen LogP contribution in [-0.4, -0.2) is 35.2 Å². The standard InChI is InChI=1S/C27H32N2O2S2/c1-20-10-4-7-13-26(20)33-21(2)18-22-14-16-29(25-12-6-5-11-23(22)25)15-8-3-9-17-32-19-24(28)27(30)31/h4-7,10-14,16,18,24H,2-3,8-9,15,17,19,28H2,1H3,(H,30,31). The van der Waals surface area contributed by atoms with E-state index >= 15 is 0 Å². The maximum Gasteiger partial charge on any atom is 0.321 e. The fraction of sp³-hybridized carbons (Fsp3) is 0.296. The number of aryl methyl sites for hydroxylation is 1. The topological polar surface area (TPSA) is 66.6 Å². The molecule has 0 radical (unpaired) electrons. The molecule has 1 aliphatic heterocycles. The Morgan fingerprint density at radius 1 is 1.15 bits per heavy atom. The average Bonchev–Trinajstić information content (AvgIpc) is 2.81. The third-order valence-corrected chi connectivity index (χ3v) is 7.64. The maximum absolute atomic E-state index is 10.8. The first-order valence-corrected chi connectivity index (χ1v) is 13.2. The number of aliphatic carboxylic acids is 1. The number of nitrogens with two attached hydrogens (primary N) is 1. The molecule has 6 heteroatoms. The number of carboxylic acid groups (broad SMARTS) is 1. The molecule has 33 heavy (non-hydrogen) atoms. The number of allylic oxidation sites excluding steroid dienone is 3. The van der Waals surface area contributed by atoms with Gasteiger partial charge in [-0.25, -0.2) is 0 Å². The van der Waals surface area contributed by atoms with E-state index in [0.29, 0.717) is 5.75 Å². The second-order valence-electron chi connectivity index (χ2n) is 8.04. The zero-order valence-corrected chi connectivity index (χ0v) is 20.7. The molecule has 1 aliphatic rings. The largest absolute Gasteiger partial charge is 0.480 e. The van der Waals surface area contributed by atoms with Gasteiger partial charge >= 0.3 is 5.97 Å². The second-order valence-corrected chi connectivity index (χ2v) is 10.4. The molecule has 2 aromatic rings. The molecule has 1 heterocycles. The van der Waals surface area contributed by atoms with E-state index in [1.807, 2.05) is 0 Å². The zero-order chi connectivity index (χ0) is 23.6. The van der Waals surface area contributed by atoms with Gasteiger partial charge in [0.1, 0.15) is 6.04 Å². The smallest absolute Gasteiger partial charge is 0.321 e. The van der Waals surface area contributed by atoms with Crippen molar-refractivity contribution < 1.29 is 9.90 Å². The number of para-hydroxylation sites is 1. The van der Waals surface area contributed by atoms with Crippen LogP contribution >= 0.6 is 23.5 Å². The second kappa shape index (κ2) is 12.7. The highest BCUT2D eigenvalue weighted by Crippen LogP contribution is 2.36. The fourth-order valence-corrected chi connectivity index (χ4v) is 5.40. The number of hydrogen-bond acceptors (Lipinski definition) is 5. The van der Waals surface area contributed by atoms with Crippen LogP contribution in [0.5, 0.6) is 0 Å². The number of hydrogen-bond donors (Lipinski definition) is 2. The van der Waals surface area contributed by atoms with E-state index in [9.17, 15) is 4.79 Å². The summed E-state index contributed by atoms with van der Waals surface area (Å²) in [6, 6.07) is 16.1. The van der Waals surface area contributed by atoms with Gasteiger partial charge in [-0.15, -0.1) is 0 Å². The highest BCUT2D eigenvalue weighted by atomic mass is 32.2. The molecule has 0 spiro atoms. The number of nitrogens with zero attached hydrogens (tertiary/aromatic N) is 1. The molecule has 0 fully saturated rings. The van der Waals surface area contributed by atoms with E-state index in [0.717, 1.165) is 36.5 Å². The SMILES string of the molecule is C=C(C=C1C=CN(CCCCCSCC(N)C(=O)O)c2ccccc21)Sc1ccccc1C. The Morgan fingerprint density at radius 2 is 1.91 bits per heavy atom. The highest BCUT2D eigenvalue weighted by Gasteiger charge is 2.16. The predicted molar refractivity (Wildman–Crippen MR) is 144 cm³/mol. The van der Waals surface area contributed by atoms with Gasteiger partial charge in [-0.2, -0.15) is 11.8 Å². The Hall–Kier alpha value is -2.41. The lowest BCUT2D eigenvalue weighted by Gasteiger charge is -2.28. The summed E-state index contributed by atoms with van der Waals surface area (Å²) < 4.78 is 0. The lowest BCUT2D eigenvalue weighted by molar-refractivity contribution is -0.137. The molecular formula is C27H32N2O2S2. The quantitative estimate of drug-likeness (QED) is 0.273. The summed E-state index contributed by atoms with van der Waals surface area (Å²) in [7, 11) is 0. The first-order chi connectivity index (χ1) is 16.0. The lowest BCUT2D eigenvalue weighted by Crippen LogP contribution is -2.32. The molecule has 0 saturated carbocycles. The van der Waals surface area contributed by atoms with Crippen LogP contribution in [0.15, 0.2) is 83.3 Å². The Balaban J connectivity index is 1.53. The molecule has 3 N–H and O–H groups in total. The van der Waals surface area contributed by atoms with E-state index in [4.69, 9.17) is 10.8 Å². The van der Waals surface area contributed by atoms with E-state index in [2.05, 4.69) is 85.3 Å². The Labute approximate surface area is 205 Å². The van der Waals surface area contributed by atoms with Crippen molar-refractivity contribution in [3.8, 4) is 0 Å². The van der Waals surface area contributed by atoms with Crippen LogP contribution in [0.4, 0.5) is 5.69 Å². The molecule has 0 bridgehead atoms. The number of fused-ring (bicyclic) bond motifs is 1. The molecule has 3 rings (SSSR count). The molecule has 1 atom stereocenters. The molecule has 0 aromatic heterocycles. The van der Waals surface area contributed by atoms with Gasteiger partial charge in [0, 0.05) is 39.5 Å². The van der Waals surface area contributed by atoms with Crippen molar-refractivity contribution in [1.82, 2.24) is 0 Å². The van der Waals surface area contributed by atoms with Gasteiger partial charge in [-0.1, -0.05) is 61.2 Å². The summed E-state index contributed by atoms with van der Waals surface area (Å²) in [5, 5.41) is 8.83. The number of carbonyl (C=O) groups is 1. The molecule has 4 nitrogen and oxygen atoms in total. The van der Waals surface area contributed by atoms with Crippen LogP contribution in [0.1, 0.15) is 30.4 Å². The third-order valence-electron chi connectivity index (χ3n) is 5.41. The zero-order valence-electron chi connectivity index (χ0n) is 19.1. The van der Waals surface area contributed by atoms with E-state index in [1.165, 1.54) is 27.3 Å². The summed E-state index contributed by atoms with van der Waals surface area (Å²) in [5.74, 6) is 0.491. The average molecular weight is 481 g/mol. The van der Waals surface area contributed by atoms with Gasteiger partial charge in [0.2, 0.25) is 0 Å². The van der Waals surface area contributed by atoms with Crippen LogP contribution < -0.4 is 10.6 Å². The van der Waals surface area contributed by atoms with Gasteiger partial charge in [-0.3, -0.25) is 4.79 Å². The van der Waals surface area contributed by atoms with Gasteiger partial charge in [-0.05, 0) is 60.9 Å². The van der Waals surface area contributed by atoms with E-state index < -0.39 is 12.0 Å². The molecule has 0 saturated heterocycles. The number of thioether (sulfide) groups is 2.